The first kappa shape index (κ1) is 18.9. The third-order valence-corrected chi connectivity index (χ3v) is 6.18. The minimum Gasteiger partial charge on any atom is -0.337 e. The summed E-state index contributed by atoms with van der Waals surface area (Å²) in [5.41, 5.74) is 0. The van der Waals surface area contributed by atoms with Crippen molar-refractivity contribution in [3.63, 3.8) is 0 Å². The Labute approximate surface area is 165 Å². The van der Waals surface area contributed by atoms with Crippen LogP contribution in [0.3, 0.4) is 0 Å². The Morgan fingerprint density at radius 2 is 2.12 bits per heavy atom. The molecule has 3 rings (SSSR count). The van der Waals surface area contributed by atoms with Gasteiger partial charge in [0.25, 0.3) is 0 Å². The van der Waals surface area contributed by atoms with Crippen molar-refractivity contribution in [2.24, 2.45) is 0 Å². The van der Waals surface area contributed by atoms with Crippen LogP contribution in [0.1, 0.15) is 19.2 Å². The molecule has 0 aliphatic carbocycles. The van der Waals surface area contributed by atoms with Crippen molar-refractivity contribution >= 4 is 40.6 Å². The van der Waals surface area contributed by atoms with Gasteiger partial charge in [-0.15, -0.1) is 23.1 Å². The lowest BCUT2D eigenvalue weighted by Crippen LogP contribution is -2.34. The number of hydrogen-bond acceptors (Lipinski definition) is 6. The van der Waals surface area contributed by atoms with Crippen LogP contribution in [0.4, 0.5) is 0 Å². The molecule has 0 N–H and O–H groups in total. The fraction of sp³-hybridized carbons (Fsp3) is 0.278. The SMILES string of the molecule is CC[C@H](Sc1ccc(Cl)cc1)C(=O)N(C)Cc1nc(-c2cccs2)no1. The molecule has 1 amide bonds. The summed E-state index contributed by atoms with van der Waals surface area (Å²) in [6.07, 6.45) is 0.723. The number of amides is 1. The highest BCUT2D eigenvalue weighted by Gasteiger charge is 2.23. The lowest BCUT2D eigenvalue weighted by atomic mass is 10.3. The number of carbonyl (C=O) groups excluding carboxylic acids is 1. The van der Waals surface area contributed by atoms with E-state index >= 15 is 0 Å². The number of thiophene rings is 1. The van der Waals surface area contributed by atoms with E-state index in [1.54, 1.807) is 23.3 Å². The minimum atomic E-state index is -0.180. The van der Waals surface area contributed by atoms with E-state index in [0.717, 1.165) is 16.2 Å². The predicted molar refractivity (Wildman–Crippen MR) is 105 cm³/mol. The molecule has 0 aliphatic heterocycles. The number of aromatic nitrogens is 2. The van der Waals surface area contributed by atoms with Crippen molar-refractivity contribution in [2.75, 3.05) is 7.05 Å². The summed E-state index contributed by atoms with van der Waals surface area (Å²) in [5.74, 6) is 1.01. The fourth-order valence-corrected chi connectivity index (χ4v) is 4.18. The third kappa shape index (κ3) is 4.66. The number of rotatable bonds is 7. The second-order valence-electron chi connectivity index (χ2n) is 5.65. The average Bonchev–Trinajstić information content (AvgIpc) is 3.32. The second-order valence-corrected chi connectivity index (χ2v) is 8.31. The van der Waals surface area contributed by atoms with Gasteiger partial charge in [-0.05, 0) is 42.1 Å². The molecule has 0 bridgehead atoms. The van der Waals surface area contributed by atoms with Crippen LogP contribution in [-0.2, 0) is 11.3 Å². The van der Waals surface area contributed by atoms with Crippen LogP contribution in [0.5, 0.6) is 0 Å². The van der Waals surface area contributed by atoms with E-state index in [1.165, 1.54) is 11.8 Å². The summed E-state index contributed by atoms with van der Waals surface area (Å²) in [4.78, 5) is 20.7. The van der Waals surface area contributed by atoms with Gasteiger partial charge in [-0.3, -0.25) is 4.79 Å². The monoisotopic (exact) mass is 407 g/mol. The van der Waals surface area contributed by atoms with Gasteiger partial charge in [-0.25, -0.2) is 0 Å². The minimum absolute atomic E-state index is 0.0309. The first-order valence-electron chi connectivity index (χ1n) is 8.10. The van der Waals surface area contributed by atoms with E-state index in [0.29, 0.717) is 16.7 Å². The van der Waals surface area contributed by atoms with E-state index in [1.807, 2.05) is 48.7 Å². The maximum absolute atomic E-state index is 12.8. The quantitative estimate of drug-likeness (QED) is 0.517. The number of halogens is 1. The van der Waals surface area contributed by atoms with Crippen LogP contribution in [0.15, 0.2) is 51.2 Å². The smallest absolute Gasteiger partial charge is 0.246 e. The van der Waals surface area contributed by atoms with Crippen molar-refractivity contribution in [1.82, 2.24) is 15.0 Å². The van der Waals surface area contributed by atoms with Gasteiger partial charge < -0.3 is 9.42 Å². The summed E-state index contributed by atoms with van der Waals surface area (Å²) in [6.45, 7) is 2.29. The van der Waals surface area contributed by atoms with Crippen molar-refractivity contribution in [3.05, 3.63) is 52.7 Å². The number of benzene rings is 1. The zero-order valence-electron chi connectivity index (χ0n) is 14.4. The maximum atomic E-state index is 12.8. The largest absolute Gasteiger partial charge is 0.337 e. The first-order chi connectivity index (χ1) is 12.6. The second kappa shape index (κ2) is 8.70. The van der Waals surface area contributed by atoms with Gasteiger partial charge in [0.1, 0.15) is 0 Å². The van der Waals surface area contributed by atoms with Gasteiger partial charge >= 0.3 is 0 Å². The first-order valence-corrected chi connectivity index (χ1v) is 10.2. The van der Waals surface area contributed by atoms with E-state index in [2.05, 4.69) is 10.1 Å². The van der Waals surface area contributed by atoms with Crippen molar-refractivity contribution in [3.8, 4) is 10.7 Å². The zero-order chi connectivity index (χ0) is 18.5. The Morgan fingerprint density at radius 3 is 2.77 bits per heavy atom. The molecule has 5 nitrogen and oxygen atoms in total. The molecule has 0 aliphatic rings. The van der Waals surface area contributed by atoms with Gasteiger partial charge in [-0.2, -0.15) is 4.98 Å². The van der Waals surface area contributed by atoms with Crippen LogP contribution in [0.25, 0.3) is 10.7 Å². The molecule has 0 saturated carbocycles. The van der Waals surface area contributed by atoms with Gasteiger partial charge in [0.15, 0.2) is 0 Å². The summed E-state index contributed by atoms with van der Waals surface area (Å²) in [7, 11) is 1.75. The van der Waals surface area contributed by atoms with Crippen molar-refractivity contribution < 1.29 is 9.32 Å². The highest BCUT2D eigenvalue weighted by atomic mass is 35.5. The molecule has 0 fully saturated rings. The Hall–Kier alpha value is -1.83. The Balaban J connectivity index is 1.63. The molecule has 136 valence electrons. The molecule has 0 spiro atoms. The molecule has 0 saturated heterocycles. The van der Waals surface area contributed by atoms with Gasteiger partial charge in [0.2, 0.25) is 17.6 Å². The topological polar surface area (TPSA) is 59.2 Å². The molecule has 8 heteroatoms. The standard InChI is InChI=1S/C18H18ClN3O2S2/c1-3-14(26-13-8-6-12(19)7-9-13)18(23)22(2)11-16-20-17(21-24-16)15-5-4-10-25-15/h4-10,14H,3,11H2,1-2H3/t14-/m0/s1. The summed E-state index contributed by atoms with van der Waals surface area (Å²) in [5, 5.41) is 6.44. The Bertz CT molecular complexity index is 850. The van der Waals surface area contributed by atoms with Gasteiger partial charge in [-0.1, -0.05) is 29.7 Å². The molecule has 2 heterocycles. The average molecular weight is 408 g/mol. The fourth-order valence-electron chi connectivity index (χ4n) is 2.34. The summed E-state index contributed by atoms with van der Waals surface area (Å²) in [6, 6.07) is 11.4. The molecular formula is C18H18ClN3O2S2. The third-order valence-electron chi connectivity index (χ3n) is 3.70. The van der Waals surface area contributed by atoms with E-state index < -0.39 is 0 Å². The molecule has 26 heavy (non-hydrogen) atoms. The molecule has 1 atom stereocenters. The van der Waals surface area contributed by atoms with Gasteiger partial charge in [0, 0.05) is 17.0 Å². The van der Waals surface area contributed by atoms with Crippen LogP contribution in [-0.4, -0.2) is 33.2 Å². The Morgan fingerprint density at radius 1 is 1.35 bits per heavy atom. The lowest BCUT2D eigenvalue weighted by Gasteiger charge is -2.21. The molecule has 0 radical (unpaired) electrons. The molecule has 0 unspecified atom stereocenters. The molecular weight excluding hydrogens is 390 g/mol. The number of nitrogens with zero attached hydrogens (tertiary/aromatic N) is 3. The van der Waals surface area contributed by atoms with E-state index in [9.17, 15) is 4.79 Å². The summed E-state index contributed by atoms with van der Waals surface area (Å²) < 4.78 is 5.28. The number of carbonyl (C=O) groups is 1. The Kier molecular flexibility index (Phi) is 6.34. The highest BCUT2D eigenvalue weighted by Crippen LogP contribution is 2.28. The molecule has 2 aromatic heterocycles. The van der Waals surface area contributed by atoms with Crippen LogP contribution in [0, 0.1) is 0 Å². The van der Waals surface area contributed by atoms with Crippen LogP contribution < -0.4 is 0 Å². The highest BCUT2D eigenvalue weighted by molar-refractivity contribution is 8.00. The van der Waals surface area contributed by atoms with Crippen molar-refractivity contribution in [1.29, 1.82) is 0 Å². The van der Waals surface area contributed by atoms with Crippen molar-refractivity contribution in [2.45, 2.75) is 30.0 Å². The number of hydrogen-bond donors (Lipinski definition) is 0. The molecule has 3 aromatic rings. The number of thioether (sulfide) groups is 1. The predicted octanol–water partition coefficient (Wildman–Crippen LogP) is 4.98. The molecule has 1 aromatic carbocycles. The van der Waals surface area contributed by atoms with E-state index in [4.69, 9.17) is 16.1 Å². The lowest BCUT2D eigenvalue weighted by molar-refractivity contribution is -0.130. The van der Waals surface area contributed by atoms with E-state index in [-0.39, 0.29) is 17.7 Å². The van der Waals surface area contributed by atoms with Crippen LogP contribution in [0.2, 0.25) is 5.02 Å². The van der Waals surface area contributed by atoms with Gasteiger partial charge in [0.05, 0.1) is 16.7 Å². The summed E-state index contributed by atoms with van der Waals surface area (Å²) >= 11 is 9.00. The normalized spacial score (nSPS) is 12.1. The van der Waals surface area contributed by atoms with Crippen LogP contribution >= 0.6 is 34.7 Å². The maximum Gasteiger partial charge on any atom is 0.246 e. The zero-order valence-corrected chi connectivity index (χ0v) is 16.8.